The van der Waals surface area contributed by atoms with Crippen LogP contribution in [0.3, 0.4) is 0 Å². The summed E-state index contributed by atoms with van der Waals surface area (Å²) in [5, 5.41) is 0.482. The van der Waals surface area contributed by atoms with Gasteiger partial charge in [-0.05, 0) is 32.9 Å². The highest BCUT2D eigenvalue weighted by atomic mass is 32.1. The molecule has 1 rings (SSSR count). The highest BCUT2D eigenvalue weighted by Gasteiger charge is 2.21. The molecule has 0 N–H and O–H groups in total. The van der Waals surface area contributed by atoms with Crippen molar-refractivity contribution >= 4 is 12.6 Å². The zero-order valence-electron chi connectivity index (χ0n) is 7.58. The molecule has 11 heavy (non-hydrogen) atoms. The molecule has 0 aromatic rings. The summed E-state index contributed by atoms with van der Waals surface area (Å²) in [4.78, 5) is 2.22. The van der Waals surface area contributed by atoms with Gasteiger partial charge in [0.05, 0.1) is 5.37 Å². The number of hydrogen-bond donors (Lipinski definition) is 1. The highest BCUT2D eigenvalue weighted by Crippen LogP contribution is 2.29. The van der Waals surface area contributed by atoms with E-state index in [0.29, 0.717) is 5.37 Å². The average Bonchev–Trinajstić information content (AvgIpc) is 2.05. The van der Waals surface area contributed by atoms with Crippen LogP contribution in [0.4, 0.5) is 0 Å². The molecule has 0 aliphatic heterocycles. The Balaban J connectivity index is 2.32. The number of nitrogens with zero attached hydrogens (tertiary/aromatic N) is 1. The van der Waals surface area contributed by atoms with Gasteiger partial charge in [-0.25, -0.2) is 0 Å². The predicted octanol–water partition coefficient (Wildman–Crippen LogP) is 2.38. The summed E-state index contributed by atoms with van der Waals surface area (Å²) in [6.07, 6.45) is 7.02. The molecule has 0 saturated heterocycles. The molecule has 0 bridgehead atoms. The van der Waals surface area contributed by atoms with Crippen LogP contribution in [0.2, 0.25) is 0 Å². The predicted molar refractivity (Wildman–Crippen MR) is 53.0 cm³/mol. The Kier molecular flexibility index (Phi) is 3.73. The first-order valence-corrected chi connectivity index (χ1v) is 5.08. The van der Waals surface area contributed by atoms with Crippen LogP contribution in [-0.4, -0.2) is 24.4 Å². The normalized spacial score (nSPS) is 24.0. The van der Waals surface area contributed by atoms with Gasteiger partial charge < -0.3 is 0 Å². The van der Waals surface area contributed by atoms with Crippen LogP contribution in [0.5, 0.6) is 0 Å². The van der Waals surface area contributed by atoms with Gasteiger partial charge in [-0.1, -0.05) is 19.3 Å². The first-order valence-electron chi connectivity index (χ1n) is 4.56. The SMILES string of the molecule is CN(C)C(S)C1CCCCC1. The maximum absolute atomic E-state index is 4.59. The molecule has 0 heterocycles. The first kappa shape index (κ1) is 9.40. The van der Waals surface area contributed by atoms with Gasteiger partial charge in [0, 0.05) is 0 Å². The van der Waals surface area contributed by atoms with E-state index in [1.54, 1.807) is 0 Å². The molecule has 0 spiro atoms. The molecule has 1 atom stereocenters. The molecule has 0 aromatic heterocycles. The number of rotatable bonds is 2. The van der Waals surface area contributed by atoms with E-state index >= 15 is 0 Å². The van der Waals surface area contributed by atoms with E-state index < -0.39 is 0 Å². The zero-order chi connectivity index (χ0) is 8.27. The third-order valence-electron chi connectivity index (χ3n) is 2.60. The standard InChI is InChI=1S/C9H19NS/c1-10(2)9(11)8-6-4-3-5-7-8/h8-9,11H,3-7H2,1-2H3. The van der Waals surface area contributed by atoms with Crippen molar-refractivity contribution in [2.75, 3.05) is 14.1 Å². The Bertz CT molecular complexity index is 108. The highest BCUT2D eigenvalue weighted by molar-refractivity contribution is 7.80. The third kappa shape index (κ3) is 2.68. The van der Waals surface area contributed by atoms with E-state index in [0.717, 1.165) is 5.92 Å². The average molecular weight is 173 g/mol. The van der Waals surface area contributed by atoms with Crippen molar-refractivity contribution < 1.29 is 0 Å². The first-order chi connectivity index (χ1) is 5.22. The second kappa shape index (κ2) is 4.36. The summed E-state index contributed by atoms with van der Waals surface area (Å²) >= 11 is 4.59. The van der Waals surface area contributed by atoms with Crippen molar-refractivity contribution in [1.29, 1.82) is 0 Å². The van der Waals surface area contributed by atoms with Gasteiger partial charge in [-0.15, -0.1) is 0 Å². The van der Waals surface area contributed by atoms with E-state index in [1.807, 2.05) is 0 Å². The largest absolute Gasteiger partial charge is 0.298 e. The van der Waals surface area contributed by atoms with Gasteiger partial charge in [-0.3, -0.25) is 4.90 Å². The Morgan fingerprint density at radius 2 is 1.73 bits per heavy atom. The van der Waals surface area contributed by atoms with E-state index in [9.17, 15) is 0 Å². The van der Waals surface area contributed by atoms with Gasteiger partial charge in [0.2, 0.25) is 0 Å². The second-order valence-corrected chi connectivity index (χ2v) is 4.30. The molecule has 0 aromatic carbocycles. The fraction of sp³-hybridized carbons (Fsp3) is 1.00. The van der Waals surface area contributed by atoms with Crippen molar-refractivity contribution in [3.63, 3.8) is 0 Å². The number of hydrogen-bond acceptors (Lipinski definition) is 2. The van der Waals surface area contributed by atoms with E-state index in [-0.39, 0.29) is 0 Å². The molecular weight excluding hydrogens is 154 g/mol. The lowest BCUT2D eigenvalue weighted by Gasteiger charge is -2.31. The fourth-order valence-electron chi connectivity index (χ4n) is 1.85. The van der Waals surface area contributed by atoms with Crippen molar-refractivity contribution in [3.05, 3.63) is 0 Å². The minimum absolute atomic E-state index is 0.482. The van der Waals surface area contributed by atoms with Crippen molar-refractivity contribution in [2.24, 2.45) is 5.92 Å². The summed E-state index contributed by atoms with van der Waals surface area (Å²) in [7, 11) is 4.23. The Morgan fingerprint density at radius 1 is 1.18 bits per heavy atom. The summed E-state index contributed by atoms with van der Waals surface area (Å²) < 4.78 is 0. The summed E-state index contributed by atoms with van der Waals surface area (Å²) in [5.41, 5.74) is 0. The molecule has 1 saturated carbocycles. The quantitative estimate of drug-likeness (QED) is 0.496. The third-order valence-corrected chi connectivity index (χ3v) is 3.48. The molecule has 1 aliphatic carbocycles. The zero-order valence-corrected chi connectivity index (χ0v) is 8.48. The van der Waals surface area contributed by atoms with Gasteiger partial charge in [-0.2, -0.15) is 12.6 Å². The monoisotopic (exact) mass is 173 g/mol. The van der Waals surface area contributed by atoms with Crippen LogP contribution >= 0.6 is 12.6 Å². The van der Waals surface area contributed by atoms with E-state index in [4.69, 9.17) is 0 Å². The smallest absolute Gasteiger partial charge is 0.0551 e. The van der Waals surface area contributed by atoms with Crippen LogP contribution in [-0.2, 0) is 0 Å². The second-order valence-electron chi connectivity index (χ2n) is 3.78. The summed E-state index contributed by atoms with van der Waals surface area (Å²) in [6.45, 7) is 0. The molecule has 66 valence electrons. The summed E-state index contributed by atoms with van der Waals surface area (Å²) in [6, 6.07) is 0. The van der Waals surface area contributed by atoms with Gasteiger partial charge in [0.15, 0.2) is 0 Å². The van der Waals surface area contributed by atoms with Crippen LogP contribution in [0.1, 0.15) is 32.1 Å². The maximum Gasteiger partial charge on any atom is 0.0551 e. The van der Waals surface area contributed by atoms with E-state index in [2.05, 4.69) is 31.6 Å². The lowest BCUT2D eigenvalue weighted by Crippen LogP contribution is -2.31. The number of thiol groups is 1. The molecule has 2 heteroatoms. The molecule has 0 amide bonds. The fourth-order valence-corrected chi connectivity index (χ4v) is 2.15. The molecular formula is C9H19NS. The molecule has 1 fully saturated rings. The Hall–Kier alpha value is 0.310. The van der Waals surface area contributed by atoms with Crippen LogP contribution in [0.15, 0.2) is 0 Å². The topological polar surface area (TPSA) is 3.24 Å². The lowest BCUT2D eigenvalue weighted by molar-refractivity contribution is 0.239. The summed E-state index contributed by atoms with van der Waals surface area (Å²) in [5.74, 6) is 0.835. The van der Waals surface area contributed by atoms with Gasteiger partial charge >= 0.3 is 0 Å². The molecule has 1 nitrogen and oxygen atoms in total. The van der Waals surface area contributed by atoms with E-state index in [1.165, 1.54) is 32.1 Å². The minimum Gasteiger partial charge on any atom is -0.298 e. The van der Waals surface area contributed by atoms with Crippen LogP contribution in [0.25, 0.3) is 0 Å². The lowest BCUT2D eigenvalue weighted by atomic mass is 9.89. The minimum atomic E-state index is 0.482. The van der Waals surface area contributed by atoms with Gasteiger partial charge in [0.1, 0.15) is 0 Å². The van der Waals surface area contributed by atoms with Crippen LogP contribution in [0, 0.1) is 5.92 Å². The van der Waals surface area contributed by atoms with Gasteiger partial charge in [0.25, 0.3) is 0 Å². The molecule has 0 radical (unpaired) electrons. The van der Waals surface area contributed by atoms with Crippen molar-refractivity contribution in [1.82, 2.24) is 4.90 Å². The Labute approximate surface area is 75.6 Å². The maximum atomic E-state index is 4.59. The molecule has 1 unspecified atom stereocenters. The van der Waals surface area contributed by atoms with Crippen molar-refractivity contribution in [3.8, 4) is 0 Å². The van der Waals surface area contributed by atoms with Crippen LogP contribution < -0.4 is 0 Å². The Morgan fingerprint density at radius 3 is 2.18 bits per heavy atom. The molecule has 1 aliphatic rings. The van der Waals surface area contributed by atoms with Crippen molar-refractivity contribution in [2.45, 2.75) is 37.5 Å².